The minimum atomic E-state index is -0.596. The first-order valence-electron chi connectivity index (χ1n) is 5.59. The first kappa shape index (κ1) is 14.0. The Hall–Kier alpha value is -1.47. The van der Waals surface area contributed by atoms with Crippen molar-refractivity contribution in [2.45, 2.75) is 32.7 Å². The Morgan fingerprint density at radius 3 is 2.68 bits per heavy atom. The third-order valence-corrected chi connectivity index (χ3v) is 3.59. The van der Waals surface area contributed by atoms with Crippen LogP contribution in [-0.4, -0.2) is 19.7 Å². The lowest BCUT2D eigenvalue weighted by atomic mass is 9.93. The van der Waals surface area contributed by atoms with Gasteiger partial charge in [-0.05, 0) is 4.92 Å². The molecule has 0 aromatic carbocycles. The summed E-state index contributed by atoms with van der Waals surface area (Å²) in [6, 6.07) is 0. The number of rotatable bonds is 3. The molecule has 0 spiro atoms. The fourth-order valence-corrected chi connectivity index (χ4v) is 2.69. The van der Waals surface area contributed by atoms with Gasteiger partial charge < -0.3 is 10.1 Å². The van der Waals surface area contributed by atoms with Gasteiger partial charge in [0.15, 0.2) is 5.02 Å². The van der Waals surface area contributed by atoms with E-state index in [9.17, 15) is 10.1 Å². The van der Waals surface area contributed by atoms with Gasteiger partial charge in [0.25, 0.3) is 0 Å². The maximum absolute atomic E-state index is 10.7. The van der Waals surface area contributed by atoms with Crippen LogP contribution in [0.2, 0.25) is 5.02 Å². The molecule has 0 radical (unpaired) electrons. The average molecular weight is 301 g/mol. The number of hydrogen-bond acceptors (Lipinski definition) is 5. The largest absolute Gasteiger partial charge is 0.408 e. The number of halogens is 1. The quantitative estimate of drug-likeness (QED) is 0.644. The van der Waals surface area contributed by atoms with Crippen molar-refractivity contribution in [3.05, 3.63) is 37.4 Å². The summed E-state index contributed by atoms with van der Waals surface area (Å²) in [6.45, 7) is 6.64. The van der Waals surface area contributed by atoms with E-state index in [0.717, 1.165) is 10.7 Å². The second-order valence-electron chi connectivity index (χ2n) is 5.13. The number of nitro groups is 1. The zero-order valence-electron chi connectivity index (χ0n) is 10.8. The highest BCUT2D eigenvalue weighted by Crippen LogP contribution is 2.25. The van der Waals surface area contributed by atoms with Crippen molar-refractivity contribution in [1.82, 2.24) is 14.8 Å². The van der Waals surface area contributed by atoms with Gasteiger partial charge in [-0.1, -0.05) is 32.4 Å². The predicted octanol–water partition coefficient (Wildman–Crippen LogP) is 3.25. The molecule has 19 heavy (non-hydrogen) atoms. The molecule has 0 aliphatic carbocycles. The van der Waals surface area contributed by atoms with Gasteiger partial charge in [-0.3, -0.25) is 0 Å². The van der Waals surface area contributed by atoms with Crippen LogP contribution in [0.25, 0.3) is 0 Å². The highest BCUT2D eigenvalue weighted by molar-refractivity contribution is 7.09. The standard InChI is InChI=1S/C11H13ClN4O2S/c1-11(2,3)8-6-19-9(13-8)5-15-4-7(12)10(14-15)16(17)18/h4,6H,5H2,1-3H3. The molecule has 2 aromatic heterocycles. The van der Waals surface area contributed by atoms with E-state index in [1.165, 1.54) is 22.2 Å². The van der Waals surface area contributed by atoms with Gasteiger partial charge >= 0.3 is 5.82 Å². The van der Waals surface area contributed by atoms with Crippen molar-refractivity contribution < 1.29 is 4.92 Å². The molecule has 0 aliphatic rings. The zero-order valence-corrected chi connectivity index (χ0v) is 12.3. The van der Waals surface area contributed by atoms with Gasteiger partial charge in [-0.25, -0.2) is 4.98 Å². The molecule has 0 atom stereocenters. The molecule has 0 fully saturated rings. The molecule has 0 bridgehead atoms. The fraction of sp³-hybridized carbons (Fsp3) is 0.455. The molecule has 2 aromatic rings. The Kier molecular flexibility index (Phi) is 3.60. The first-order chi connectivity index (χ1) is 8.77. The SMILES string of the molecule is CC(C)(C)c1csc(Cn2cc(Cl)c([N+](=O)[O-])n2)n1. The van der Waals surface area contributed by atoms with Gasteiger partial charge in [-0.2, -0.15) is 4.68 Å². The summed E-state index contributed by atoms with van der Waals surface area (Å²) in [6.07, 6.45) is 1.44. The second-order valence-corrected chi connectivity index (χ2v) is 6.48. The van der Waals surface area contributed by atoms with Crippen molar-refractivity contribution in [2.24, 2.45) is 0 Å². The highest BCUT2D eigenvalue weighted by Gasteiger charge is 2.21. The third-order valence-electron chi connectivity index (χ3n) is 2.49. The van der Waals surface area contributed by atoms with E-state index in [1.807, 2.05) is 5.38 Å². The molecule has 0 unspecified atom stereocenters. The van der Waals surface area contributed by atoms with Crippen LogP contribution in [0.3, 0.4) is 0 Å². The molecule has 0 N–H and O–H groups in total. The van der Waals surface area contributed by atoms with Crippen molar-refractivity contribution in [3.63, 3.8) is 0 Å². The summed E-state index contributed by atoms with van der Waals surface area (Å²) >= 11 is 7.25. The molecule has 0 saturated carbocycles. The van der Waals surface area contributed by atoms with Gasteiger partial charge in [0.2, 0.25) is 0 Å². The number of thiazole rings is 1. The Morgan fingerprint density at radius 1 is 1.53 bits per heavy atom. The molecule has 2 heterocycles. The molecular weight excluding hydrogens is 288 g/mol. The minimum absolute atomic E-state index is 0.0114. The molecule has 0 saturated heterocycles. The van der Waals surface area contributed by atoms with Crippen LogP contribution in [0.15, 0.2) is 11.6 Å². The second kappa shape index (κ2) is 4.90. The zero-order chi connectivity index (χ0) is 14.2. The maximum Gasteiger partial charge on any atom is 0.408 e. The Morgan fingerprint density at radius 2 is 2.21 bits per heavy atom. The summed E-state index contributed by atoms with van der Waals surface area (Å²) in [7, 11) is 0. The van der Waals surface area contributed by atoms with E-state index in [-0.39, 0.29) is 16.3 Å². The van der Waals surface area contributed by atoms with Crippen LogP contribution in [0.4, 0.5) is 5.82 Å². The van der Waals surface area contributed by atoms with Crippen LogP contribution in [0.1, 0.15) is 31.5 Å². The number of hydrogen-bond donors (Lipinski definition) is 0. The first-order valence-corrected chi connectivity index (χ1v) is 6.85. The van der Waals surface area contributed by atoms with Gasteiger partial charge in [0.1, 0.15) is 11.6 Å². The lowest BCUT2D eigenvalue weighted by molar-refractivity contribution is -0.389. The molecule has 6 nitrogen and oxygen atoms in total. The van der Waals surface area contributed by atoms with E-state index in [4.69, 9.17) is 11.6 Å². The summed E-state index contributed by atoms with van der Waals surface area (Å²) in [5, 5.41) is 17.4. The van der Waals surface area contributed by atoms with Crippen LogP contribution in [0.5, 0.6) is 0 Å². The fourth-order valence-electron chi connectivity index (χ4n) is 1.46. The minimum Gasteiger partial charge on any atom is -0.358 e. The Labute approximate surface area is 119 Å². The maximum atomic E-state index is 10.7. The Bertz CT molecular complexity index is 614. The lowest BCUT2D eigenvalue weighted by Crippen LogP contribution is -2.12. The van der Waals surface area contributed by atoms with E-state index in [0.29, 0.717) is 6.54 Å². The van der Waals surface area contributed by atoms with Crippen molar-refractivity contribution in [1.29, 1.82) is 0 Å². The van der Waals surface area contributed by atoms with E-state index < -0.39 is 4.92 Å². The van der Waals surface area contributed by atoms with E-state index >= 15 is 0 Å². The molecule has 2 rings (SSSR count). The normalized spacial score (nSPS) is 11.8. The lowest BCUT2D eigenvalue weighted by Gasteiger charge is -2.14. The third kappa shape index (κ3) is 3.10. The smallest absolute Gasteiger partial charge is 0.358 e. The van der Waals surface area contributed by atoms with Crippen LogP contribution in [0, 0.1) is 10.1 Å². The van der Waals surface area contributed by atoms with Crippen molar-refractivity contribution >= 4 is 28.8 Å². The van der Waals surface area contributed by atoms with E-state index in [1.54, 1.807) is 0 Å². The van der Waals surface area contributed by atoms with Crippen LogP contribution >= 0.6 is 22.9 Å². The summed E-state index contributed by atoms with van der Waals surface area (Å²) in [5.74, 6) is -0.325. The van der Waals surface area contributed by atoms with Gasteiger partial charge in [0.05, 0.1) is 17.0 Å². The molecule has 8 heteroatoms. The van der Waals surface area contributed by atoms with Crippen molar-refractivity contribution in [3.8, 4) is 0 Å². The van der Waals surface area contributed by atoms with Gasteiger partial charge in [0, 0.05) is 10.8 Å². The van der Waals surface area contributed by atoms with Crippen molar-refractivity contribution in [2.75, 3.05) is 0 Å². The summed E-state index contributed by atoms with van der Waals surface area (Å²) < 4.78 is 1.44. The number of nitrogens with zero attached hydrogens (tertiary/aromatic N) is 4. The predicted molar refractivity (Wildman–Crippen MR) is 73.8 cm³/mol. The highest BCUT2D eigenvalue weighted by atomic mass is 35.5. The van der Waals surface area contributed by atoms with Crippen LogP contribution < -0.4 is 0 Å². The Balaban J connectivity index is 2.20. The average Bonchev–Trinajstić information content (AvgIpc) is 2.85. The topological polar surface area (TPSA) is 73.8 Å². The summed E-state index contributed by atoms with van der Waals surface area (Å²) in [5.41, 5.74) is 0.989. The molecular formula is C11H13ClN4O2S. The molecule has 0 aliphatic heterocycles. The molecule has 102 valence electrons. The summed E-state index contributed by atoms with van der Waals surface area (Å²) in [4.78, 5) is 14.6. The molecule has 0 amide bonds. The monoisotopic (exact) mass is 300 g/mol. The van der Waals surface area contributed by atoms with E-state index in [2.05, 4.69) is 30.9 Å². The van der Waals surface area contributed by atoms with Crippen LogP contribution in [-0.2, 0) is 12.0 Å². The van der Waals surface area contributed by atoms with Gasteiger partial charge in [-0.15, -0.1) is 11.3 Å². The number of aromatic nitrogens is 3.